The summed E-state index contributed by atoms with van der Waals surface area (Å²) in [6, 6.07) is 0. The van der Waals surface area contributed by atoms with Gasteiger partial charge in [0.25, 0.3) is 0 Å². The molecule has 4 aliphatic rings. The molecule has 3 saturated carbocycles. The molecule has 0 aliphatic heterocycles. The number of fused-ring (bicyclic) bond motifs is 5. The average molecular weight is 288 g/mol. The van der Waals surface area contributed by atoms with Crippen molar-refractivity contribution in [2.45, 2.75) is 51.9 Å². The zero-order valence-corrected chi connectivity index (χ0v) is 13.3. The molecule has 0 radical (unpaired) electrons. The summed E-state index contributed by atoms with van der Waals surface area (Å²) in [5.41, 5.74) is 0.453. The monoisotopic (exact) mass is 288 g/mol. The maximum absolute atomic E-state index is 12.9. The highest BCUT2D eigenvalue weighted by Gasteiger charge is 2.55. The fourth-order valence-electron chi connectivity index (χ4n) is 6.73. The lowest BCUT2D eigenvalue weighted by Crippen LogP contribution is -2.47. The van der Waals surface area contributed by atoms with E-state index < -0.39 is 0 Å². The predicted octanol–water partition coefficient (Wildman–Crippen LogP) is 5.56. The van der Waals surface area contributed by atoms with Crippen molar-refractivity contribution < 1.29 is 4.39 Å². The van der Waals surface area contributed by atoms with E-state index in [4.69, 9.17) is 0 Å². The Morgan fingerprint density at radius 1 is 1.00 bits per heavy atom. The highest BCUT2D eigenvalue weighted by atomic mass is 19.1. The molecule has 0 nitrogen and oxygen atoms in total. The lowest BCUT2D eigenvalue weighted by Gasteiger charge is -2.54. The second-order valence-corrected chi connectivity index (χ2v) is 8.32. The molecule has 0 aromatic rings. The van der Waals surface area contributed by atoms with Crippen LogP contribution in [0.3, 0.4) is 0 Å². The van der Waals surface area contributed by atoms with Crippen LogP contribution in [0.25, 0.3) is 0 Å². The van der Waals surface area contributed by atoms with E-state index in [1.54, 1.807) is 0 Å². The molecule has 0 saturated heterocycles. The van der Waals surface area contributed by atoms with Gasteiger partial charge >= 0.3 is 0 Å². The summed E-state index contributed by atoms with van der Waals surface area (Å²) in [7, 11) is 0. The summed E-state index contributed by atoms with van der Waals surface area (Å²) < 4.78 is 12.9. The number of allylic oxidation sites excluding steroid dienone is 4. The Bertz CT molecular complexity index is 451. The van der Waals surface area contributed by atoms with E-state index >= 15 is 0 Å². The molecule has 1 unspecified atom stereocenters. The SMILES string of the molecule is C[C@]12CC[C@H]3[C@@H](CCC4C=CC=C[C@@H]43)[C@@H]1CC[C@@H]2CCF. The minimum absolute atomic E-state index is 0.112. The third-order valence-corrected chi connectivity index (χ3v) is 7.77. The summed E-state index contributed by atoms with van der Waals surface area (Å²) in [5.74, 6) is 4.99. The van der Waals surface area contributed by atoms with Gasteiger partial charge in [-0.3, -0.25) is 4.39 Å². The van der Waals surface area contributed by atoms with Crippen LogP contribution in [0, 0.1) is 40.9 Å². The second kappa shape index (κ2) is 5.25. The molecule has 7 atom stereocenters. The van der Waals surface area contributed by atoms with Crippen LogP contribution < -0.4 is 0 Å². The standard InChI is InChI=1S/C20H29F/c1-20-12-10-17-16-5-3-2-4-14(16)6-8-18(17)19(20)9-7-15(20)11-13-21/h2-5,14-19H,6-13H2,1H3/t14?,15-,16+,17-,18-,19+,20-/m1/s1. The lowest BCUT2D eigenvalue weighted by molar-refractivity contribution is -0.0356. The molecule has 0 N–H and O–H groups in total. The molecule has 0 amide bonds. The van der Waals surface area contributed by atoms with Crippen molar-refractivity contribution in [3.8, 4) is 0 Å². The van der Waals surface area contributed by atoms with Crippen LogP contribution in [0.2, 0.25) is 0 Å². The highest BCUT2D eigenvalue weighted by Crippen LogP contribution is 2.63. The van der Waals surface area contributed by atoms with Crippen LogP contribution in [-0.2, 0) is 0 Å². The average Bonchev–Trinajstić information content (AvgIpc) is 2.84. The van der Waals surface area contributed by atoms with Gasteiger partial charge in [-0.25, -0.2) is 0 Å². The fraction of sp³-hybridized carbons (Fsp3) is 0.800. The van der Waals surface area contributed by atoms with Crippen molar-refractivity contribution in [2.75, 3.05) is 6.67 Å². The van der Waals surface area contributed by atoms with Crippen molar-refractivity contribution in [1.82, 2.24) is 0 Å². The molecule has 0 spiro atoms. The van der Waals surface area contributed by atoms with Crippen molar-refractivity contribution in [3.63, 3.8) is 0 Å². The summed E-state index contributed by atoms with van der Waals surface area (Å²) >= 11 is 0. The van der Waals surface area contributed by atoms with Gasteiger partial charge < -0.3 is 0 Å². The number of hydrogen-bond donors (Lipinski definition) is 0. The molecular formula is C20H29F. The molecule has 4 aliphatic carbocycles. The first-order valence-corrected chi connectivity index (χ1v) is 9.15. The van der Waals surface area contributed by atoms with Crippen molar-refractivity contribution in [1.29, 1.82) is 0 Å². The number of halogens is 1. The molecule has 116 valence electrons. The van der Waals surface area contributed by atoms with Crippen molar-refractivity contribution >= 4 is 0 Å². The summed E-state index contributed by atoms with van der Waals surface area (Å²) in [5, 5.41) is 0. The fourth-order valence-corrected chi connectivity index (χ4v) is 6.73. The normalized spacial score (nSPS) is 51.3. The molecule has 3 fully saturated rings. The second-order valence-electron chi connectivity index (χ2n) is 8.32. The van der Waals surface area contributed by atoms with Gasteiger partial charge in [-0.05, 0) is 85.9 Å². The van der Waals surface area contributed by atoms with Crippen LogP contribution in [0.4, 0.5) is 4.39 Å². The Morgan fingerprint density at radius 2 is 1.86 bits per heavy atom. The topological polar surface area (TPSA) is 0 Å². The lowest BCUT2D eigenvalue weighted by atomic mass is 9.51. The Labute approximate surface area is 128 Å². The van der Waals surface area contributed by atoms with E-state index in [9.17, 15) is 4.39 Å². The molecule has 4 rings (SSSR count). The largest absolute Gasteiger partial charge is 0.251 e. The third kappa shape index (κ3) is 2.06. The summed E-state index contributed by atoms with van der Waals surface area (Å²) in [6.45, 7) is 2.39. The van der Waals surface area contributed by atoms with E-state index in [-0.39, 0.29) is 6.67 Å². The number of rotatable bonds is 2. The first kappa shape index (κ1) is 14.0. The Kier molecular flexibility index (Phi) is 3.51. The van der Waals surface area contributed by atoms with E-state index in [1.807, 2.05) is 0 Å². The molecule has 1 heteroatoms. The zero-order valence-electron chi connectivity index (χ0n) is 13.3. The number of hydrogen-bond acceptors (Lipinski definition) is 0. The van der Waals surface area contributed by atoms with E-state index in [0.29, 0.717) is 11.3 Å². The van der Waals surface area contributed by atoms with Gasteiger partial charge in [0.05, 0.1) is 6.67 Å². The van der Waals surface area contributed by atoms with Crippen LogP contribution in [0.15, 0.2) is 24.3 Å². The molecule has 0 aromatic heterocycles. The van der Waals surface area contributed by atoms with Crippen molar-refractivity contribution in [2.24, 2.45) is 40.9 Å². The first-order valence-electron chi connectivity index (χ1n) is 9.15. The van der Waals surface area contributed by atoms with Crippen LogP contribution >= 0.6 is 0 Å². The van der Waals surface area contributed by atoms with Gasteiger partial charge in [0.1, 0.15) is 0 Å². The molecule has 0 bridgehead atoms. The zero-order chi connectivity index (χ0) is 14.4. The number of alkyl halides is 1. The molecular weight excluding hydrogens is 259 g/mol. The Hall–Kier alpha value is -0.590. The van der Waals surface area contributed by atoms with Crippen LogP contribution in [0.5, 0.6) is 0 Å². The Balaban J connectivity index is 1.58. The van der Waals surface area contributed by atoms with Gasteiger partial charge in [-0.15, -0.1) is 0 Å². The molecule has 21 heavy (non-hydrogen) atoms. The van der Waals surface area contributed by atoms with Gasteiger partial charge in [-0.2, -0.15) is 0 Å². The third-order valence-electron chi connectivity index (χ3n) is 7.77. The van der Waals surface area contributed by atoms with Gasteiger partial charge in [0, 0.05) is 0 Å². The minimum atomic E-state index is -0.112. The minimum Gasteiger partial charge on any atom is -0.251 e. The smallest absolute Gasteiger partial charge is 0.0897 e. The van der Waals surface area contributed by atoms with Gasteiger partial charge in [-0.1, -0.05) is 31.2 Å². The van der Waals surface area contributed by atoms with Gasteiger partial charge in [0.15, 0.2) is 0 Å². The summed E-state index contributed by atoms with van der Waals surface area (Å²) in [4.78, 5) is 0. The van der Waals surface area contributed by atoms with E-state index in [1.165, 1.54) is 38.5 Å². The highest BCUT2D eigenvalue weighted by molar-refractivity contribution is 5.18. The van der Waals surface area contributed by atoms with Gasteiger partial charge in [0.2, 0.25) is 0 Å². The maximum atomic E-state index is 12.9. The quantitative estimate of drug-likeness (QED) is 0.624. The predicted molar refractivity (Wildman–Crippen MR) is 85.6 cm³/mol. The first-order chi connectivity index (χ1) is 10.2. The van der Waals surface area contributed by atoms with Crippen molar-refractivity contribution in [3.05, 3.63) is 24.3 Å². The Morgan fingerprint density at radius 3 is 2.71 bits per heavy atom. The summed E-state index contributed by atoms with van der Waals surface area (Å²) in [6.07, 6.45) is 18.5. The maximum Gasteiger partial charge on any atom is 0.0897 e. The van der Waals surface area contributed by atoms with Crippen LogP contribution in [0.1, 0.15) is 51.9 Å². The van der Waals surface area contributed by atoms with E-state index in [2.05, 4.69) is 31.2 Å². The van der Waals surface area contributed by atoms with E-state index in [0.717, 1.165) is 36.0 Å². The molecule has 0 aromatic carbocycles. The van der Waals surface area contributed by atoms with Crippen LogP contribution in [-0.4, -0.2) is 6.67 Å². The molecule has 0 heterocycles.